The topological polar surface area (TPSA) is 53.2 Å². The van der Waals surface area contributed by atoms with Crippen LogP contribution in [0.15, 0.2) is 40.9 Å². The van der Waals surface area contributed by atoms with E-state index in [1.165, 1.54) is 18.2 Å². The molecule has 0 heterocycles. The monoisotopic (exact) mass is 321 g/mol. The first kappa shape index (κ1) is 13.5. The van der Waals surface area contributed by atoms with E-state index in [0.29, 0.717) is 21.5 Å². The van der Waals surface area contributed by atoms with Gasteiger partial charge in [0.2, 0.25) is 0 Å². The molecule has 3 nitrogen and oxygen atoms in total. The molecule has 0 bridgehead atoms. The summed E-state index contributed by atoms with van der Waals surface area (Å²) < 4.78 is 19.2. The quantitative estimate of drug-likeness (QED) is 0.936. The van der Waals surface area contributed by atoms with Gasteiger partial charge in [-0.15, -0.1) is 0 Å². The van der Waals surface area contributed by atoms with E-state index in [2.05, 4.69) is 15.9 Å². The summed E-state index contributed by atoms with van der Waals surface area (Å²) in [6.07, 6.45) is 0. The van der Waals surface area contributed by atoms with Crippen LogP contribution in [0.3, 0.4) is 0 Å². The summed E-state index contributed by atoms with van der Waals surface area (Å²) >= 11 is 3.05. The predicted octanol–water partition coefficient (Wildman–Crippen LogP) is 3.74. The number of hydrogen-bond acceptors (Lipinski definition) is 3. The summed E-state index contributed by atoms with van der Waals surface area (Å²) in [6, 6.07) is 11.1. The second-order valence-corrected chi connectivity index (χ2v) is 4.63. The van der Waals surface area contributed by atoms with Crippen LogP contribution in [-0.2, 0) is 6.61 Å². The Kier molecular flexibility index (Phi) is 4.15. The van der Waals surface area contributed by atoms with Gasteiger partial charge in [0, 0.05) is 6.07 Å². The van der Waals surface area contributed by atoms with Gasteiger partial charge in [0.05, 0.1) is 16.6 Å². The molecule has 2 aromatic carbocycles. The molecule has 0 saturated heterocycles. The van der Waals surface area contributed by atoms with Crippen LogP contribution >= 0.6 is 15.9 Å². The molecule has 0 fully saturated rings. The zero-order chi connectivity index (χ0) is 13.8. The molecular formula is C14H9BrFNO2. The Morgan fingerprint density at radius 2 is 2.05 bits per heavy atom. The molecule has 0 unspecified atom stereocenters. The first-order valence-corrected chi connectivity index (χ1v) is 6.20. The lowest BCUT2D eigenvalue weighted by Crippen LogP contribution is -1.92. The van der Waals surface area contributed by atoms with Gasteiger partial charge in [-0.25, -0.2) is 4.39 Å². The van der Waals surface area contributed by atoms with Crippen LogP contribution in [0.2, 0.25) is 0 Å². The third-order valence-corrected chi connectivity index (χ3v) is 3.11. The van der Waals surface area contributed by atoms with E-state index in [4.69, 9.17) is 15.1 Å². The van der Waals surface area contributed by atoms with Crippen molar-refractivity contribution in [3.8, 4) is 17.6 Å². The number of nitrogens with zero attached hydrogens (tertiary/aromatic N) is 1. The van der Waals surface area contributed by atoms with Gasteiger partial charge >= 0.3 is 0 Å². The number of benzene rings is 2. The van der Waals surface area contributed by atoms with Gasteiger partial charge in [-0.3, -0.25) is 0 Å². The lowest BCUT2D eigenvalue weighted by Gasteiger charge is -2.08. The third kappa shape index (κ3) is 3.11. The first-order chi connectivity index (χ1) is 9.13. The lowest BCUT2D eigenvalue weighted by molar-refractivity contribution is 0.281. The third-order valence-electron chi connectivity index (χ3n) is 2.47. The zero-order valence-corrected chi connectivity index (χ0v) is 11.3. The standard InChI is InChI=1S/C14H9BrFNO2/c15-12-3-2-11(6-13(12)16)19-14-4-1-9(8-18)5-10(14)7-17/h1-6,18H,8H2. The Labute approximate surface area is 118 Å². The van der Waals surface area contributed by atoms with Crippen molar-refractivity contribution in [3.05, 3.63) is 57.8 Å². The summed E-state index contributed by atoms with van der Waals surface area (Å²) in [4.78, 5) is 0. The number of nitriles is 1. The molecule has 1 N–H and O–H groups in total. The molecule has 96 valence electrons. The van der Waals surface area contributed by atoms with E-state index in [-0.39, 0.29) is 12.2 Å². The first-order valence-electron chi connectivity index (χ1n) is 5.41. The highest BCUT2D eigenvalue weighted by Gasteiger charge is 2.07. The van der Waals surface area contributed by atoms with Gasteiger partial charge in [0.1, 0.15) is 23.4 Å². The molecule has 0 aliphatic carbocycles. The minimum atomic E-state index is -0.442. The Balaban J connectivity index is 2.33. The molecule has 2 aromatic rings. The van der Waals surface area contributed by atoms with E-state index in [0.717, 1.165) is 0 Å². The molecule has 0 spiro atoms. The Bertz CT molecular complexity index is 652. The largest absolute Gasteiger partial charge is 0.456 e. The Hall–Kier alpha value is -1.90. The number of aliphatic hydroxyl groups is 1. The van der Waals surface area contributed by atoms with Crippen LogP contribution in [0.4, 0.5) is 4.39 Å². The van der Waals surface area contributed by atoms with E-state index in [9.17, 15) is 4.39 Å². The lowest BCUT2D eigenvalue weighted by atomic mass is 10.1. The summed E-state index contributed by atoms with van der Waals surface area (Å²) in [5.74, 6) is 0.179. The molecule has 0 amide bonds. The van der Waals surface area contributed by atoms with E-state index < -0.39 is 5.82 Å². The normalized spacial score (nSPS) is 10.0. The smallest absolute Gasteiger partial charge is 0.145 e. The van der Waals surface area contributed by atoms with E-state index >= 15 is 0 Å². The molecule has 0 aromatic heterocycles. The molecule has 0 saturated carbocycles. The van der Waals surface area contributed by atoms with Gasteiger partial charge in [-0.1, -0.05) is 6.07 Å². The average Bonchev–Trinajstić information content (AvgIpc) is 2.43. The molecule has 0 aliphatic heterocycles. The average molecular weight is 322 g/mol. The second kappa shape index (κ2) is 5.83. The Morgan fingerprint density at radius 1 is 1.26 bits per heavy atom. The van der Waals surface area contributed by atoms with E-state index in [1.807, 2.05) is 6.07 Å². The fourth-order valence-corrected chi connectivity index (χ4v) is 1.77. The summed E-state index contributed by atoms with van der Waals surface area (Å²) in [7, 11) is 0. The van der Waals surface area contributed by atoms with Crippen molar-refractivity contribution < 1.29 is 14.2 Å². The van der Waals surface area contributed by atoms with Crippen molar-refractivity contribution in [3.63, 3.8) is 0 Å². The number of halogens is 2. The number of aliphatic hydroxyl groups excluding tert-OH is 1. The van der Waals surface area contributed by atoms with Gasteiger partial charge < -0.3 is 9.84 Å². The SMILES string of the molecule is N#Cc1cc(CO)ccc1Oc1ccc(Br)c(F)c1. The molecule has 2 rings (SSSR count). The van der Waals surface area contributed by atoms with E-state index in [1.54, 1.807) is 18.2 Å². The minimum absolute atomic E-state index is 0.151. The summed E-state index contributed by atoms with van der Waals surface area (Å²) in [5.41, 5.74) is 0.903. The van der Waals surface area contributed by atoms with Crippen molar-refractivity contribution in [2.24, 2.45) is 0 Å². The van der Waals surface area contributed by atoms with Gasteiger partial charge in [-0.05, 0) is 45.8 Å². The minimum Gasteiger partial charge on any atom is -0.456 e. The van der Waals surface area contributed by atoms with Crippen molar-refractivity contribution in [2.75, 3.05) is 0 Å². The highest BCUT2D eigenvalue weighted by Crippen LogP contribution is 2.28. The number of rotatable bonds is 3. The maximum atomic E-state index is 13.4. The fourth-order valence-electron chi connectivity index (χ4n) is 1.52. The molecule has 0 aliphatic rings. The highest BCUT2D eigenvalue weighted by atomic mass is 79.9. The van der Waals surface area contributed by atoms with Crippen LogP contribution in [0, 0.1) is 17.1 Å². The van der Waals surface area contributed by atoms with Crippen LogP contribution in [0.25, 0.3) is 0 Å². The summed E-state index contributed by atoms with van der Waals surface area (Å²) in [6.45, 7) is -0.151. The second-order valence-electron chi connectivity index (χ2n) is 3.78. The summed E-state index contributed by atoms with van der Waals surface area (Å²) in [5, 5.41) is 18.0. The van der Waals surface area contributed by atoms with Crippen LogP contribution in [-0.4, -0.2) is 5.11 Å². The molecular weight excluding hydrogens is 313 g/mol. The zero-order valence-electron chi connectivity index (χ0n) is 9.73. The van der Waals surface area contributed by atoms with Crippen LogP contribution in [0.5, 0.6) is 11.5 Å². The van der Waals surface area contributed by atoms with Gasteiger partial charge in [0.15, 0.2) is 0 Å². The maximum Gasteiger partial charge on any atom is 0.145 e. The molecule has 5 heteroatoms. The van der Waals surface area contributed by atoms with Crippen molar-refractivity contribution in [1.82, 2.24) is 0 Å². The number of hydrogen-bond donors (Lipinski definition) is 1. The van der Waals surface area contributed by atoms with Gasteiger partial charge in [0.25, 0.3) is 0 Å². The Morgan fingerprint density at radius 3 is 2.68 bits per heavy atom. The maximum absolute atomic E-state index is 13.4. The fraction of sp³-hybridized carbons (Fsp3) is 0.0714. The van der Waals surface area contributed by atoms with Crippen molar-refractivity contribution in [1.29, 1.82) is 5.26 Å². The van der Waals surface area contributed by atoms with Crippen LogP contribution in [0.1, 0.15) is 11.1 Å². The van der Waals surface area contributed by atoms with Crippen molar-refractivity contribution in [2.45, 2.75) is 6.61 Å². The predicted molar refractivity (Wildman–Crippen MR) is 71.3 cm³/mol. The van der Waals surface area contributed by atoms with Gasteiger partial charge in [-0.2, -0.15) is 5.26 Å². The highest BCUT2D eigenvalue weighted by molar-refractivity contribution is 9.10. The molecule has 19 heavy (non-hydrogen) atoms. The molecule has 0 radical (unpaired) electrons. The number of ether oxygens (including phenoxy) is 1. The van der Waals surface area contributed by atoms with Crippen molar-refractivity contribution >= 4 is 15.9 Å². The molecule has 0 atom stereocenters. The van der Waals surface area contributed by atoms with Crippen LogP contribution < -0.4 is 4.74 Å².